The number of rotatable bonds is 4. The maximum absolute atomic E-state index is 4.87. The molecule has 1 N–H and O–H groups in total. The Morgan fingerprint density at radius 3 is 2.42 bits per heavy atom. The van der Waals surface area contributed by atoms with Crippen LogP contribution in [0.2, 0.25) is 0 Å². The van der Waals surface area contributed by atoms with Crippen molar-refractivity contribution in [2.45, 2.75) is 6.92 Å². The predicted octanol–water partition coefficient (Wildman–Crippen LogP) is 7.38. The first kappa shape index (κ1) is 21.9. The molecule has 5 aromatic rings. The largest absolute Gasteiger partial charge is 0.259 e. The first-order valence-electron chi connectivity index (χ1n) is 10.1. The van der Waals surface area contributed by atoms with Crippen LogP contribution in [-0.4, -0.2) is 22.0 Å². The molecular formula is C25H17Br2N5S. The zero-order chi connectivity index (χ0) is 22.8. The topological polar surface area (TPSA) is 62.5 Å². The monoisotopic (exact) mass is 577 g/mol. The quantitative estimate of drug-likeness (QED) is 0.137. The molecule has 162 valence electrons. The summed E-state index contributed by atoms with van der Waals surface area (Å²) in [6, 6.07) is 24.1. The van der Waals surface area contributed by atoms with Crippen LogP contribution < -0.4 is 5.43 Å². The first-order chi connectivity index (χ1) is 16.1. The molecule has 2 aromatic heterocycles. The van der Waals surface area contributed by atoms with Crippen LogP contribution in [0.1, 0.15) is 16.3 Å². The van der Waals surface area contributed by atoms with E-state index in [0.717, 1.165) is 46.3 Å². The van der Waals surface area contributed by atoms with Gasteiger partial charge in [0.25, 0.3) is 0 Å². The fourth-order valence-corrected chi connectivity index (χ4v) is 5.77. The molecule has 0 saturated carbocycles. The van der Waals surface area contributed by atoms with Crippen LogP contribution in [0.4, 0.5) is 5.69 Å². The summed E-state index contributed by atoms with van der Waals surface area (Å²) < 4.78 is 2.88. The number of aryl methyl sites for hydroxylation is 1. The Balaban J connectivity index is 1.54. The molecule has 0 unspecified atom stereocenters. The molecule has 0 spiro atoms. The number of hydrogen-bond donors (Lipinski definition) is 1. The predicted molar refractivity (Wildman–Crippen MR) is 145 cm³/mol. The van der Waals surface area contributed by atoms with Crippen LogP contribution in [0.15, 0.2) is 91.8 Å². The van der Waals surface area contributed by atoms with Gasteiger partial charge in [0.2, 0.25) is 0 Å². The third kappa shape index (κ3) is 4.88. The standard InChI is InChI=1S/C25H17Br2N5S/c1-15-12-17(26)24(18(27)13-15)31-25(21-11-10-16-6-2-3-7-19(16)29-21)32-28-14-23-30-20-8-4-5-9-22(20)33-23/h2-14H,1H3,(H,31,32). The number of amidine groups is 1. The lowest BCUT2D eigenvalue weighted by Gasteiger charge is -2.09. The highest BCUT2D eigenvalue weighted by atomic mass is 79.9. The van der Waals surface area contributed by atoms with Crippen molar-refractivity contribution < 1.29 is 0 Å². The molecular weight excluding hydrogens is 562 g/mol. The van der Waals surface area contributed by atoms with Gasteiger partial charge in [-0.1, -0.05) is 36.4 Å². The summed E-state index contributed by atoms with van der Waals surface area (Å²) in [5, 5.41) is 6.32. The summed E-state index contributed by atoms with van der Waals surface area (Å²) in [7, 11) is 0. The molecule has 8 heteroatoms. The zero-order valence-electron chi connectivity index (χ0n) is 17.5. The third-order valence-electron chi connectivity index (χ3n) is 4.88. The first-order valence-corrected chi connectivity index (χ1v) is 12.5. The molecule has 0 radical (unpaired) electrons. The summed E-state index contributed by atoms with van der Waals surface area (Å²) in [6.07, 6.45) is 1.71. The van der Waals surface area contributed by atoms with Crippen LogP contribution >= 0.6 is 43.2 Å². The van der Waals surface area contributed by atoms with Crippen molar-refractivity contribution in [3.63, 3.8) is 0 Å². The van der Waals surface area contributed by atoms with E-state index in [1.54, 1.807) is 17.6 Å². The van der Waals surface area contributed by atoms with E-state index in [-0.39, 0.29) is 0 Å². The molecule has 0 aliphatic rings. The molecule has 0 aliphatic carbocycles. The van der Waals surface area contributed by atoms with E-state index in [0.29, 0.717) is 11.5 Å². The maximum atomic E-state index is 4.87. The second-order valence-corrected chi connectivity index (χ2v) is 10.1. The van der Waals surface area contributed by atoms with Gasteiger partial charge in [-0.25, -0.2) is 15.0 Å². The number of fused-ring (bicyclic) bond motifs is 2. The lowest BCUT2D eigenvalue weighted by Crippen LogP contribution is -2.20. The normalized spacial score (nSPS) is 12.2. The molecule has 0 amide bonds. The molecule has 5 rings (SSSR count). The van der Waals surface area contributed by atoms with Crippen molar-refractivity contribution in [3.8, 4) is 0 Å². The van der Waals surface area contributed by atoms with Gasteiger partial charge >= 0.3 is 0 Å². The van der Waals surface area contributed by atoms with Crippen molar-refractivity contribution in [2.24, 2.45) is 10.1 Å². The summed E-state index contributed by atoms with van der Waals surface area (Å²) in [4.78, 5) is 14.3. The van der Waals surface area contributed by atoms with Gasteiger partial charge in [-0.05, 0) is 80.7 Å². The Morgan fingerprint density at radius 2 is 1.64 bits per heavy atom. The third-order valence-corrected chi connectivity index (χ3v) is 7.06. The SMILES string of the molecule is Cc1cc(Br)c(N=C(NN=Cc2nc3ccccc3s2)c2ccc3ccccc3n2)c(Br)c1. The number of thiazole rings is 1. The fraction of sp³-hybridized carbons (Fsp3) is 0.0400. The van der Waals surface area contributed by atoms with Crippen LogP contribution in [0, 0.1) is 6.92 Å². The number of hydrogen-bond acceptors (Lipinski definition) is 5. The van der Waals surface area contributed by atoms with E-state index in [1.807, 2.05) is 73.7 Å². The number of pyridine rings is 1. The van der Waals surface area contributed by atoms with Gasteiger partial charge in [-0.2, -0.15) is 5.10 Å². The van der Waals surface area contributed by atoms with Crippen molar-refractivity contribution in [1.29, 1.82) is 0 Å². The highest BCUT2D eigenvalue weighted by molar-refractivity contribution is 9.11. The Labute approximate surface area is 211 Å². The second-order valence-electron chi connectivity index (χ2n) is 7.32. The molecule has 33 heavy (non-hydrogen) atoms. The van der Waals surface area contributed by atoms with Gasteiger partial charge < -0.3 is 0 Å². The van der Waals surface area contributed by atoms with E-state index < -0.39 is 0 Å². The number of hydrazone groups is 1. The average Bonchev–Trinajstić information content (AvgIpc) is 3.22. The molecule has 2 heterocycles. The van der Waals surface area contributed by atoms with Crippen molar-refractivity contribution in [2.75, 3.05) is 0 Å². The minimum atomic E-state index is 0.531. The summed E-state index contributed by atoms with van der Waals surface area (Å²) in [5.74, 6) is 0.531. The number of aromatic nitrogens is 2. The minimum Gasteiger partial charge on any atom is -0.259 e. The number of nitrogens with zero attached hydrogens (tertiary/aromatic N) is 4. The Morgan fingerprint density at radius 1 is 0.909 bits per heavy atom. The van der Waals surface area contributed by atoms with E-state index in [1.165, 1.54) is 0 Å². The summed E-state index contributed by atoms with van der Waals surface area (Å²) in [5.41, 5.74) is 7.52. The van der Waals surface area contributed by atoms with Crippen LogP contribution in [-0.2, 0) is 0 Å². The highest BCUT2D eigenvalue weighted by Crippen LogP contribution is 2.35. The number of halogens is 2. The van der Waals surface area contributed by atoms with Gasteiger partial charge in [0.05, 0.1) is 27.6 Å². The van der Waals surface area contributed by atoms with Gasteiger partial charge in [-0.3, -0.25) is 5.43 Å². The lowest BCUT2D eigenvalue weighted by molar-refractivity contribution is 1.02. The van der Waals surface area contributed by atoms with E-state index in [2.05, 4.69) is 53.4 Å². The molecule has 0 bridgehead atoms. The summed E-state index contributed by atoms with van der Waals surface area (Å²) >= 11 is 8.85. The maximum Gasteiger partial charge on any atom is 0.173 e. The lowest BCUT2D eigenvalue weighted by atomic mass is 10.2. The van der Waals surface area contributed by atoms with Gasteiger partial charge in [0.1, 0.15) is 10.7 Å². The summed E-state index contributed by atoms with van der Waals surface area (Å²) in [6.45, 7) is 2.04. The van der Waals surface area contributed by atoms with Crippen molar-refractivity contribution >= 4 is 82.1 Å². The van der Waals surface area contributed by atoms with E-state index >= 15 is 0 Å². The van der Waals surface area contributed by atoms with E-state index in [9.17, 15) is 0 Å². The minimum absolute atomic E-state index is 0.531. The van der Waals surface area contributed by atoms with Crippen molar-refractivity contribution in [3.05, 3.63) is 98.0 Å². The smallest absolute Gasteiger partial charge is 0.173 e. The van der Waals surface area contributed by atoms with Gasteiger partial charge in [0.15, 0.2) is 5.84 Å². The van der Waals surface area contributed by atoms with Crippen LogP contribution in [0.5, 0.6) is 0 Å². The molecule has 0 saturated heterocycles. The Bertz CT molecular complexity index is 1480. The zero-order valence-corrected chi connectivity index (χ0v) is 21.4. The van der Waals surface area contributed by atoms with Gasteiger partial charge in [-0.15, -0.1) is 11.3 Å². The highest BCUT2D eigenvalue weighted by Gasteiger charge is 2.11. The molecule has 5 nitrogen and oxygen atoms in total. The average molecular weight is 579 g/mol. The Hall–Kier alpha value is -2.94. The number of para-hydroxylation sites is 2. The molecule has 0 atom stereocenters. The Kier molecular flexibility index (Phi) is 6.30. The van der Waals surface area contributed by atoms with Crippen LogP contribution in [0.25, 0.3) is 21.1 Å². The molecule has 0 fully saturated rings. The number of aliphatic imine (C=N–C) groups is 1. The fourth-order valence-electron chi connectivity index (χ4n) is 3.34. The number of benzene rings is 3. The number of nitrogens with one attached hydrogen (secondary N) is 1. The van der Waals surface area contributed by atoms with Crippen molar-refractivity contribution in [1.82, 2.24) is 15.4 Å². The van der Waals surface area contributed by atoms with Crippen LogP contribution in [0.3, 0.4) is 0 Å². The van der Waals surface area contributed by atoms with E-state index in [4.69, 9.17) is 9.98 Å². The van der Waals surface area contributed by atoms with Gasteiger partial charge in [0, 0.05) is 14.3 Å². The second kappa shape index (κ2) is 9.51. The molecule has 3 aromatic carbocycles. The molecule has 0 aliphatic heterocycles.